The zero-order chi connectivity index (χ0) is 9.49. The lowest BCUT2D eigenvalue weighted by Crippen LogP contribution is -2.19. The van der Waals surface area contributed by atoms with E-state index in [9.17, 15) is 4.79 Å². The van der Waals surface area contributed by atoms with Crippen LogP contribution in [0.1, 0.15) is 47.5 Å². The van der Waals surface area contributed by atoms with E-state index >= 15 is 0 Å². The van der Waals surface area contributed by atoms with E-state index in [-0.39, 0.29) is 11.3 Å². The van der Waals surface area contributed by atoms with Gasteiger partial charge in [0.05, 0.1) is 0 Å². The van der Waals surface area contributed by atoms with Crippen LogP contribution in [-0.2, 0) is 4.79 Å². The Hall–Kier alpha value is -0.530. The van der Waals surface area contributed by atoms with Gasteiger partial charge in [-0.05, 0) is 5.41 Å². The lowest BCUT2D eigenvalue weighted by Gasteiger charge is -2.13. The summed E-state index contributed by atoms with van der Waals surface area (Å²) in [5, 5.41) is 0. The van der Waals surface area contributed by atoms with Crippen LogP contribution >= 0.6 is 0 Å². The molecule has 0 heterocycles. The number of amides is 1. The average Bonchev–Trinajstić information content (AvgIpc) is 1.57. The molecule has 0 aromatic carbocycles. The number of carbonyl (C=O) groups is 1. The van der Waals surface area contributed by atoms with E-state index in [2.05, 4.69) is 13.8 Å². The molecule has 2 nitrogen and oxygen atoms in total. The van der Waals surface area contributed by atoms with Gasteiger partial charge in [-0.3, -0.25) is 4.79 Å². The average molecular weight is 159 g/mol. The van der Waals surface area contributed by atoms with Gasteiger partial charge in [0.2, 0.25) is 5.91 Å². The lowest BCUT2D eigenvalue weighted by molar-refractivity contribution is -0.119. The van der Waals surface area contributed by atoms with Crippen LogP contribution in [0.3, 0.4) is 0 Å². The molecule has 0 unspecified atom stereocenters. The summed E-state index contributed by atoms with van der Waals surface area (Å²) in [5.74, 6) is -0.225. The highest BCUT2D eigenvalue weighted by atomic mass is 16.1. The van der Waals surface area contributed by atoms with Crippen LogP contribution in [-0.4, -0.2) is 5.91 Å². The van der Waals surface area contributed by atoms with Gasteiger partial charge in [-0.15, -0.1) is 0 Å². The molecule has 2 N–H and O–H groups in total. The van der Waals surface area contributed by atoms with Crippen LogP contribution in [0.4, 0.5) is 0 Å². The second-order valence-electron chi connectivity index (χ2n) is 3.91. The Bertz CT molecular complexity index is 103. The van der Waals surface area contributed by atoms with Crippen LogP contribution in [0, 0.1) is 5.41 Å². The third-order valence-corrected chi connectivity index (χ3v) is 0.705. The SMILES string of the molecule is CC(C)(C)CC(N)=O.CCC. The van der Waals surface area contributed by atoms with E-state index in [1.807, 2.05) is 20.8 Å². The fourth-order valence-electron chi connectivity index (χ4n) is 0.523. The smallest absolute Gasteiger partial charge is 0.217 e. The van der Waals surface area contributed by atoms with Gasteiger partial charge >= 0.3 is 0 Å². The Morgan fingerprint density at radius 2 is 1.55 bits per heavy atom. The monoisotopic (exact) mass is 159 g/mol. The van der Waals surface area contributed by atoms with Crippen LogP contribution in [0.15, 0.2) is 0 Å². The van der Waals surface area contributed by atoms with Crippen LogP contribution in [0.25, 0.3) is 0 Å². The third-order valence-electron chi connectivity index (χ3n) is 0.705. The second-order valence-corrected chi connectivity index (χ2v) is 3.91. The largest absolute Gasteiger partial charge is 0.370 e. The summed E-state index contributed by atoms with van der Waals surface area (Å²) < 4.78 is 0. The standard InChI is InChI=1S/C6H13NO.C3H8/c1-6(2,3)4-5(7)8;1-3-2/h4H2,1-3H3,(H2,7,8);3H2,1-2H3. The van der Waals surface area contributed by atoms with Crippen molar-refractivity contribution < 1.29 is 4.79 Å². The van der Waals surface area contributed by atoms with Crippen molar-refractivity contribution in [2.45, 2.75) is 47.5 Å². The van der Waals surface area contributed by atoms with Crippen LogP contribution < -0.4 is 5.73 Å². The van der Waals surface area contributed by atoms with Crippen molar-refractivity contribution in [3.63, 3.8) is 0 Å². The predicted molar refractivity (Wildman–Crippen MR) is 49.2 cm³/mol. The molecule has 0 bridgehead atoms. The van der Waals surface area contributed by atoms with Crippen molar-refractivity contribution >= 4 is 5.91 Å². The van der Waals surface area contributed by atoms with E-state index in [4.69, 9.17) is 5.73 Å². The Balaban J connectivity index is 0. The molecule has 0 atom stereocenters. The summed E-state index contributed by atoms with van der Waals surface area (Å²) in [6, 6.07) is 0. The van der Waals surface area contributed by atoms with E-state index in [0.717, 1.165) is 0 Å². The maximum absolute atomic E-state index is 10.2. The first-order valence-electron chi connectivity index (χ1n) is 4.11. The van der Waals surface area contributed by atoms with Crippen molar-refractivity contribution in [1.29, 1.82) is 0 Å². The number of primary amides is 1. The molecule has 0 rings (SSSR count). The number of rotatable bonds is 1. The first-order valence-corrected chi connectivity index (χ1v) is 4.11. The molecular weight excluding hydrogens is 138 g/mol. The number of hydrogen-bond acceptors (Lipinski definition) is 1. The quantitative estimate of drug-likeness (QED) is 0.627. The van der Waals surface area contributed by atoms with Gasteiger partial charge in [0, 0.05) is 6.42 Å². The molecule has 0 aliphatic carbocycles. The molecule has 0 spiro atoms. The normalized spacial score (nSPS) is 9.91. The highest BCUT2D eigenvalue weighted by Crippen LogP contribution is 2.16. The topological polar surface area (TPSA) is 43.1 Å². The maximum Gasteiger partial charge on any atom is 0.217 e. The highest BCUT2D eigenvalue weighted by Gasteiger charge is 2.12. The van der Waals surface area contributed by atoms with Gasteiger partial charge in [0.1, 0.15) is 0 Å². The lowest BCUT2D eigenvalue weighted by atomic mass is 9.92. The Morgan fingerprint density at radius 3 is 1.55 bits per heavy atom. The third kappa shape index (κ3) is 26.4. The Labute approximate surface area is 70.2 Å². The Kier molecular flexibility index (Phi) is 7.37. The van der Waals surface area contributed by atoms with E-state index in [1.54, 1.807) is 0 Å². The molecule has 68 valence electrons. The van der Waals surface area contributed by atoms with Crippen molar-refractivity contribution in [2.24, 2.45) is 11.1 Å². The molecule has 0 aromatic heterocycles. The molecule has 0 saturated carbocycles. The van der Waals surface area contributed by atoms with E-state index < -0.39 is 0 Å². The summed E-state index contributed by atoms with van der Waals surface area (Å²) in [6.07, 6.45) is 1.72. The molecule has 0 fully saturated rings. The van der Waals surface area contributed by atoms with E-state index in [0.29, 0.717) is 6.42 Å². The molecule has 0 aromatic rings. The fraction of sp³-hybridized carbons (Fsp3) is 0.889. The molecule has 11 heavy (non-hydrogen) atoms. The van der Waals surface area contributed by atoms with Crippen molar-refractivity contribution in [3.8, 4) is 0 Å². The number of nitrogens with two attached hydrogens (primary N) is 1. The zero-order valence-electron chi connectivity index (χ0n) is 8.40. The molecule has 0 radical (unpaired) electrons. The van der Waals surface area contributed by atoms with E-state index in [1.165, 1.54) is 6.42 Å². The summed E-state index contributed by atoms with van der Waals surface area (Å²) in [4.78, 5) is 10.2. The minimum Gasteiger partial charge on any atom is -0.370 e. The first-order chi connectivity index (χ1) is 4.83. The molecule has 1 amide bonds. The minimum absolute atomic E-state index is 0.0475. The van der Waals surface area contributed by atoms with Gasteiger partial charge < -0.3 is 5.73 Å². The molecule has 0 aliphatic rings. The van der Waals surface area contributed by atoms with Crippen molar-refractivity contribution in [3.05, 3.63) is 0 Å². The van der Waals surface area contributed by atoms with Gasteiger partial charge in [0.15, 0.2) is 0 Å². The minimum atomic E-state index is -0.225. The van der Waals surface area contributed by atoms with Crippen molar-refractivity contribution in [1.82, 2.24) is 0 Å². The van der Waals surface area contributed by atoms with Crippen molar-refractivity contribution in [2.75, 3.05) is 0 Å². The molecule has 0 aliphatic heterocycles. The van der Waals surface area contributed by atoms with Gasteiger partial charge in [0.25, 0.3) is 0 Å². The molecule has 0 saturated heterocycles. The fourth-order valence-corrected chi connectivity index (χ4v) is 0.523. The molecular formula is C9H21NO. The number of hydrogen-bond donors (Lipinski definition) is 1. The number of carbonyl (C=O) groups excluding carboxylic acids is 1. The maximum atomic E-state index is 10.2. The summed E-state index contributed by atoms with van der Waals surface area (Å²) >= 11 is 0. The van der Waals surface area contributed by atoms with Gasteiger partial charge in [-0.2, -0.15) is 0 Å². The first kappa shape index (κ1) is 13.1. The summed E-state index contributed by atoms with van der Waals surface area (Å²) in [5.41, 5.74) is 4.99. The second kappa shape index (κ2) is 6.20. The Morgan fingerprint density at radius 1 is 1.27 bits per heavy atom. The predicted octanol–water partition coefficient (Wildman–Crippen LogP) is 2.32. The zero-order valence-corrected chi connectivity index (χ0v) is 8.40. The molecule has 2 heteroatoms. The highest BCUT2D eigenvalue weighted by molar-refractivity contribution is 5.74. The summed E-state index contributed by atoms with van der Waals surface area (Å²) in [7, 11) is 0. The van der Waals surface area contributed by atoms with Crippen LogP contribution in [0.5, 0.6) is 0 Å². The van der Waals surface area contributed by atoms with Gasteiger partial charge in [-0.1, -0.05) is 41.0 Å². The van der Waals surface area contributed by atoms with Gasteiger partial charge in [-0.25, -0.2) is 0 Å². The van der Waals surface area contributed by atoms with Crippen LogP contribution in [0.2, 0.25) is 0 Å². The summed E-state index contributed by atoms with van der Waals surface area (Å²) in [6.45, 7) is 10.2.